The van der Waals surface area contributed by atoms with Gasteiger partial charge in [0.2, 0.25) is 0 Å². The fourth-order valence-electron chi connectivity index (χ4n) is 1.05. The topological polar surface area (TPSA) is 43.1 Å². The van der Waals surface area contributed by atoms with E-state index >= 15 is 0 Å². The first-order chi connectivity index (χ1) is 5.83. The third kappa shape index (κ3) is 0.905. The number of nitrogens with zero attached hydrogens (tertiary/aromatic N) is 1. The Bertz CT molecular complexity index is 436. The summed E-state index contributed by atoms with van der Waals surface area (Å²) in [7, 11) is 0. The molecule has 0 atom stereocenters. The molecule has 3 nitrogen and oxygen atoms in total. The van der Waals surface area contributed by atoms with Crippen LogP contribution in [0.5, 0.6) is 0 Å². The highest BCUT2D eigenvalue weighted by molar-refractivity contribution is 6.35. The summed E-state index contributed by atoms with van der Waals surface area (Å²) in [4.78, 5) is 10.5. The number of hydrogen-bond acceptors (Lipinski definition) is 3. The van der Waals surface area contributed by atoms with Crippen LogP contribution in [0.4, 0.5) is 0 Å². The highest BCUT2D eigenvalue weighted by Crippen LogP contribution is 2.24. The fourth-order valence-corrected chi connectivity index (χ4v) is 1.25. The van der Waals surface area contributed by atoms with Crippen molar-refractivity contribution in [2.45, 2.75) is 0 Å². The summed E-state index contributed by atoms with van der Waals surface area (Å²) >= 11 is 5.78. The van der Waals surface area contributed by atoms with Gasteiger partial charge in [0.1, 0.15) is 0 Å². The van der Waals surface area contributed by atoms with Crippen LogP contribution in [0.3, 0.4) is 0 Å². The Morgan fingerprint density at radius 2 is 2.33 bits per heavy atom. The average molecular weight is 182 g/mol. The number of carbonyl (C=O) groups is 1. The zero-order valence-corrected chi connectivity index (χ0v) is 6.71. The molecule has 1 heterocycles. The molecule has 0 saturated heterocycles. The Morgan fingerprint density at radius 3 is 3.08 bits per heavy atom. The third-order valence-corrected chi connectivity index (χ3v) is 1.93. The number of benzene rings is 1. The van der Waals surface area contributed by atoms with Crippen molar-refractivity contribution in [1.29, 1.82) is 0 Å². The number of halogens is 1. The first kappa shape index (κ1) is 7.31. The number of fused-ring (bicyclic) bond motifs is 1. The van der Waals surface area contributed by atoms with Gasteiger partial charge < -0.3 is 4.52 Å². The Morgan fingerprint density at radius 1 is 1.50 bits per heavy atom. The van der Waals surface area contributed by atoms with E-state index in [-0.39, 0.29) is 0 Å². The van der Waals surface area contributed by atoms with E-state index in [0.717, 1.165) is 6.29 Å². The molecule has 0 aliphatic rings. The van der Waals surface area contributed by atoms with Crippen LogP contribution in [-0.4, -0.2) is 11.4 Å². The van der Waals surface area contributed by atoms with Crippen molar-refractivity contribution in [3.8, 4) is 0 Å². The van der Waals surface area contributed by atoms with Crippen LogP contribution in [0.2, 0.25) is 5.02 Å². The molecule has 4 heteroatoms. The fraction of sp³-hybridized carbons (Fsp3) is 0. The van der Waals surface area contributed by atoms with Gasteiger partial charge in [-0.3, -0.25) is 4.79 Å². The maximum absolute atomic E-state index is 10.5. The van der Waals surface area contributed by atoms with Gasteiger partial charge in [-0.1, -0.05) is 16.8 Å². The standard InChI is InChI=1S/C8H4ClNO2/c9-7-2-1-5(4-11)6-3-10-12-8(6)7/h1-4H. The van der Waals surface area contributed by atoms with Crippen LogP contribution in [0, 0.1) is 0 Å². The first-order valence-corrected chi connectivity index (χ1v) is 3.69. The molecule has 0 fully saturated rings. The lowest BCUT2D eigenvalue weighted by atomic mass is 10.1. The number of carbonyl (C=O) groups excluding carboxylic acids is 1. The minimum Gasteiger partial charge on any atom is -0.355 e. The maximum Gasteiger partial charge on any atom is 0.186 e. The van der Waals surface area contributed by atoms with Crippen LogP contribution in [-0.2, 0) is 0 Å². The molecule has 0 N–H and O–H groups in total. The molecule has 1 aromatic heterocycles. The molecule has 0 aliphatic heterocycles. The molecule has 0 radical (unpaired) electrons. The largest absolute Gasteiger partial charge is 0.355 e. The van der Waals surface area contributed by atoms with Crippen LogP contribution >= 0.6 is 11.6 Å². The Hall–Kier alpha value is -1.35. The summed E-state index contributed by atoms with van der Waals surface area (Å²) in [6.45, 7) is 0. The molecule has 0 spiro atoms. The van der Waals surface area contributed by atoms with Crippen molar-refractivity contribution in [3.05, 3.63) is 28.9 Å². The summed E-state index contributed by atoms with van der Waals surface area (Å²) in [5, 5.41) is 4.67. The van der Waals surface area contributed by atoms with Gasteiger partial charge in [0.25, 0.3) is 0 Å². The van der Waals surface area contributed by atoms with E-state index in [4.69, 9.17) is 16.1 Å². The van der Waals surface area contributed by atoms with Crippen molar-refractivity contribution in [2.75, 3.05) is 0 Å². The molecule has 1 aromatic carbocycles. The highest BCUT2D eigenvalue weighted by atomic mass is 35.5. The summed E-state index contributed by atoms with van der Waals surface area (Å²) in [5.41, 5.74) is 0.997. The predicted molar refractivity (Wildman–Crippen MR) is 44.4 cm³/mol. The molecule has 0 aliphatic carbocycles. The van der Waals surface area contributed by atoms with Gasteiger partial charge in [0, 0.05) is 5.56 Å². The van der Waals surface area contributed by atoms with E-state index < -0.39 is 0 Å². The van der Waals surface area contributed by atoms with E-state index in [1.807, 2.05) is 0 Å². The van der Waals surface area contributed by atoms with Crippen molar-refractivity contribution >= 4 is 28.9 Å². The molecule has 12 heavy (non-hydrogen) atoms. The predicted octanol–water partition coefficient (Wildman–Crippen LogP) is 2.29. The first-order valence-electron chi connectivity index (χ1n) is 3.31. The van der Waals surface area contributed by atoms with E-state index in [1.165, 1.54) is 6.20 Å². The van der Waals surface area contributed by atoms with Crippen LogP contribution in [0.25, 0.3) is 11.0 Å². The third-order valence-electron chi connectivity index (χ3n) is 1.63. The maximum atomic E-state index is 10.5. The number of aromatic nitrogens is 1. The summed E-state index contributed by atoms with van der Waals surface area (Å²) in [5.74, 6) is 0. The van der Waals surface area contributed by atoms with E-state index in [9.17, 15) is 4.79 Å². The molecule has 0 saturated carbocycles. The normalized spacial score (nSPS) is 10.4. The highest BCUT2D eigenvalue weighted by Gasteiger charge is 2.07. The second-order valence-electron chi connectivity index (χ2n) is 2.32. The molecular weight excluding hydrogens is 178 g/mol. The van der Waals surface area contributed by atoms with Gasteiger partial charge in [0.15, 0.2) is 11.9 Å². The Kier molecular flexibility index (Phi) is 1.59. The van der Waals surface area contributed by atoms with E-state index in [2.05, 4.69) is 5.16 Å². The molecular formula is C8H4ClNO2. The second-order valence-corrected chi connectivity index (χ2v) is 2.73. The van der Waals surface area contributed by atoms with Gasteiger partial charge in [-0.25, -0.2) is 0 Å². The molecule has 0 bridgehead atoms. The van der Waals surface area contributed by atoms with Gasteiger partial charge in [-0.05, 0) is 12.1 Å². The van der Waals surface area contributed by atoms with Crippen molar-refractivity contribution in [3.63, 3.8) is 0 Å². The SMILES string of the molecule is O=Cc1ccc(Cl)c2oncc12. The van der Waals surface area contributed by atoms with Crippen LogP contribution in [0.15, 0.2) is 22.9 Å². The Balaban J connectivity index is 2.91. The van der Waals surface area contributed by atoms with Crippen LogP contribution < -0.4 is 0 Å². The van der Waals surface area contributed by atoms with Crippen molar-refractivity contribution < 1.29 is 9.32 Å². The van der Waals surface area contributed by atoms with Crippen molar-refractivity contribution in [2.24, 2.45) is 0 Å². The zero-order chi connectivity index (χ0) is 8.55. The van der Waals surface area contributed by atoms with Crippen molar-refractivity contribution in [1.82, 2.24) is 5.16 Å². The summed E-state index contributed by atoms with van der Waals surface area (Å²) in [6.07, 6.45) is 2.22. The summed E-state index contributed by atoms with van der Waals surface area (Å²) < 4.78 is 4.85. The molecule has 2 rings (SSSR count). The zero-order valence-electron chi connectivity index (χ0n) is 5.95. The molecule has 0 amide bonds. The summed E-state index contributed by atoms with van der Waals surface area (Å²) in [6, 6.07) is 3.24. The van der Waals surface area contributed by atoms with Gasteiger partial charge in [-0.2, -0.15) is 0 Å². The van der Waals surface area contributed by atoms with Gasteiger partial charge >= 0.3 is 0 Å². The van der Waals surface area contributed by atoms with E-state index in [0.29, 0.717) is 21.6 Å². The molecule has 60 valence electrons. The second kappa shape index (κ2) is 2.60. The van der Waals surface area contributed by atoms with Crippen LogP contribution in [0.1, 0.15) is 10.4 Å². The quantitative estimate of drug-likeness (QED) is 0.634. The molecule has 0 unspecified atom stereocenters. The Labute approximate surface area is 72.9 Å². The number of rotatable bonds is 1. The van der Waals surface area contributed by atoms with Gasteiger partial charge in [-0.15, -0.1) is 0 Å². The van der Waals surface area contributed by atoms with E-state index in [1.54, 1.807) is 12.1 Å². The lowest BCUT2D eigenvalue weighted by molar-refractivity contribution is 0.112. The lowest BCUT2D eigenvalue weighted by Crippen LogP contribution is -1.79. The smallest absolute Gasteiger partial charge is 0.186 e. The number of aldehydes is 1. The monoisotopic (exact) mass is 181 g/mol. The minimum atomic E-state index is 0.460. The van der Waals surface area contributed by atoms with Gasteiger partial charge in [0.05, 0.1) is 16.6 Å². The minimum absolute atomic E-state index is 0.460. The lowest BCUT2D eigenvalue weighted by Gasteiger charge is -1.92. The average Bonchev–Trinajstić information content (AvgIpc) is 2.54. The molecule has 2 aromatic rings. The number of hydrogen-bond donors (Lipinski definition) is 0.